The molecule has 2 amide bonds. The van der Waals surface area contributed by atoms with E-state index in [0.29, 0.717) is 5.92 Å². The van der Waals surface area contributed by atoms with Crippen LogP contribution in [-0.2, 0) is 0 Å². The standard InChI is InChI=1S/C15H22BrN3O/c1-12(2)11-17-15(20)19-9-7-18(8-10-19)14-6-4-3-5-13(14)16/h3-6,12H,7-11H2,1-2H3,(H,17,20). The largest absolute Gasteiger partial charge is 0.367 e. The molecule has 1 N–H and O–H groups in total. The second-order valence-corrected chi connectivity index (χ2v) is 6.36. The molecular formula is C15H22BrN3O. The highest BCUT2D eigenvalue weighted by Gasteiger charge is 2.21. The summed E-state index contributed by atoms with van der Waals surface area (Å²) in [6, 6.07) is 8.28. The molecule has 0 unspecified atom stereocenters. The van der Waals surface area contributed by atoms with Gasteiger partial charge in [0.15, 0.2) is 0 Å². The zero-order valence-corrected chi connectivity index (χ0v) is 13.7. The molecule has 0 aliphatic carbocycles. The number of hydrogen-bond donors (Lipinski definition) is 1. The van der Waals surface area contributed by atoms with Crippen LogP contribution in [0.3, 0.4) is 0 Å². The molecule has 1 aliphatic rings. The number of hydrogen-bond acceptors (Lipinski definition) is 2. The maximum Gasteiger partial charge on any atom is 0.317 e. The predicted octanol–water partition coefficient (Wildman–Crippen LogP) is 2.94. The maximum atomic E-state index is 12.0. The second-order valence-electron chi connectivity index (χ2n) is 5.51. The number of nitrogens with zero attached hydrogens (tertiary/aromatic N) is 2. The van der Waals surface area contributed by atoms with Gasteiger partial charge >= 0.3 is 6.03 Å². The number of nitrogens with one attached hydrogen (secondary N) is 1. The van der Waals surface area contributed by atoms with Crippen molar-refractivity contribution < 1.29 is 4.79 Å². The molecule has 0 saturated carbocycles. The molecule has 1 saturated heterocycles. The van der Waals surface area contributed by atoms with E-state index in [2.05, 4.69) is 52.1 Å². The Hall–Kier alpha value is -1.23. The number of para-hydroxylation sites is 1. The number of carbonyl (C=O) groups excluding carboxylic acids is 1. The Morgan fingerprint density at radius 1 is 1.25 bits per heavy atom. The minimum absolute atomic E-state index is 0.0606. The van der Waals surface area contributed by atoms with Gasteiger partial charge in [0, 0.05) is 37.2 Å². The van der Waals surface area contributed by atoms with Gasteiger partial charge in [-0.05, 0) is 34.0 Å². The van der Waals surface area contributed by atoms with Crippen LogP contribution in [0.2, 0.25) is 0 Å². The summed E-state index contributed by atoms with van der Waals surface area (Å²) in [5.41, 5.74) is 1.20. The number of piperazine rings is 1. The molecule has 20 heavy (non-hydrogen) atoms. The van der Waals surface area contributed by atoms with Gasteiger partial charge in [0.25, 0.3) is 0 Å². The molecule has 1 aromatic rings. The molecular weight excluding hydrogens is 318 g/mol. The summed E-state index contributed by atoms with van der Waals surface area (Å²) in [6.07, 6.45) is 0. The summed E-state index contributed by atoms with van der Waals surface area (Å²) in [6.45, 7) is 8.23. The third kappa shape index (κ3) is 3.88. The van der Waals surface area contributed by atoms with Gasteiger partial charge in [-0.3, -0.25) is 0 Å². The summed E-state index contributed by atoms with van der Waals surface area (Å²) < 4.78 is 1.11. The number of benzene rings is 1. The van der Waals surface area contributed by atoms with Crippen LogP contribution in [0, 0.1) is 5.92 Å². The van der Waals surface area contributed by atoms with Gasteiger partial charge in [-0.15, -0.1) is 0 Å². The third-order valence-corrected chi connectivity index (χ3v) is 4.09. The molecule has 5 heteroatoms. The number of halogens is 1. The lowest BCUT2D eigenvalue weighted by atomic mass is 10.2. The van der Waals surface area contributed by atoms with E-state index in [-0.39, 0.29) is 6.03 Å². The Morgan fingerprint density at radius 3 is 2.50 bits per heavy atom. The molecule has 0 aromatic heterocycles. The van der Waals surface area contributed by atoms with Gasteiger partial charge in [-0.1, -0.05) is 26.0 Å². The highest BCUT2D eigenvalue weighted by atomic mass is 79.9. The lowest BCUT2D eigenvalue weighted by Crippen LogP contribution is -2.52. The Balaban J connectivity index is 1.86. The fourth-order valence-electron chi connectivity index (χ4n) is 2.26. The number of carbonyl (C=O) groups is 1. The molecule has 0 radical (unpaired) electrons. The van der Waals surface area contributed by atoms with E-state index in [1.165, 1.54) is 5.69 Å². The maximum absolute atomic E-state index is 12.0. The number of anilines is 1. The van der Waals surface area contributed by atoms with Crippen molar-refractivity contribution >= 4 is 27.6 Å². The third-order valence-electron chi connectivity index (χ3n) is 3.42. The first-order valence-electron chi connectivity index (χ1n) is 7.10. The van der Waals surface area contributed by atoms with Gasteiger partial charge in [0.2, 0.25) is 0 Å². The topological polar surface area (TPSA) is 35.6 Å². The van der Waals surface area contributed by atoms with Crippen LogP contribution in [0.25, 0.3) is 0 Å². The van der Waals surface area contributed by atoms with Crippen LogP contribution >= 0.6 is 15.9 Å². The van der Waals surface area contributed by atoms with Crippen LogP contribution in [0.4, 0.5) is 10.5 Å². The van der Waals surface area contributed by atoms with Crippen LogP contribution in [0.1, 0.15) is 13.8 Å². The molecule has 0 bridgehead atoms. The molecule has 1 fully saturated rings. The highest BCUT2D eigenvalue weighted by Crippen LogP contribution is 2.26. The van der Waals surface area contributed by atoms with Crippen LogP contribution in [-0.4, -0.2) is 43.7 Å². The first kappa shape index (κ1) is 15.2. The minimum Gasteiger partial charge on any atom is -0.367 e. The number of rotatable bonds is 3. The Labute approximate surface area is 129 Å². The van der Waals surface area contributed by atoms with Crippen molar-refractivity contribution in [3.05, 3.63) is 28.7 Å². The second kappa shape index (κ2) is 6.97. The molecule has 1 aliphatic heterocycles. The van der Waals surface area contributed by atoms with Crippen molar-refractivity contribution in [2.24, 2.45) is 5.92 Å². The Kier molecular flexibility index (Phi) is 5.29. The van der Waals surface area contributed by atoms with Crippen molar-refractivity contribution in [2.45, 2.75) is 13.8 Å². The fraction of sp³-hybridized carbons (Fsp3) is 0.533. The van der Waals surface area contributed by atoms with E-state index in [1.54, 1.807) is 0 Å². The van der Waals surface area contributed by atoms with E-state index < -0.39 is 0 Å². The van der Waals surface area contributed by atoms with Crippen LogP contribution < -0.4 is 10.2 Å². The molecule has 0 atom stereocenters. The number of amides is 2. The molecule has 4 nitrogen and oxygen atoms in total. The monoisotopic (exact) mass is 339 g/mol. The SMILES string of the molecule is CC(C)CNC(=O)N1CCN(c2ccccc2Br)CC1. The van der Waals surface area contributed by atoms with E-state index in [1.807, 2.05) is 17.0 Å². The predicted molar refractivity (Wildman–Crippen MR) is 86.2 cm³/mol. The molecule has 0 spiro atoms. The summed E-state index contributed by atoms with van der Waals surface area (Å²) in [5, 5.41) is 2.98. The van der Waals surface area contributed by atoms with Gasteiger partial charge in [-0.25, -0.2) is 4.79 Å². The van der Waals surface area contributed by atoms with Crippen molar-refractivity contribution in [1.29, 1.82) is 0 Å². The van der Waals surface area contributed by atoms with Gasteiger partial charge in [-0.2, -0.15) is 0 Å². The normalized spacial score (nSPS) is 15.6. The van der Waals surface area contributed by atoms with E-state index >= 15 is 0 Å². The summed E-state index contributed by atoms with van der Waals surface area (Å²) >= 11 is 3.58. The molecule has 1 aromatic carbocycles. The molecule has 2 rings (SSSR count). The number of urea groups is 1. The first-order valence-corrected chi connectivity index (χ1v) is 7.89. The average Bonchev–Trinajstić information content (AvgIpc) is 2.45. The van der Waals surface area contributed by atoms with Crippen LogP contribution in [0.5, 0.6) is 0 Å². The van der Waals surface area contributed by atoms with Crippen molar-refractivity contribution in [3.63, 3.8) is 0 Å². The minimum atomic E-state index is 0.0606. The fourth-order valence-corrected chi connectivity index (χ4v) is 2.80. The zero-order chi connectivity index (χ0) is 14.5. The molecule has 1 heterocycles. The van der Waals surface area contributed by atoms with Gasteiger partial charge in [0.1, 0.15) is 0 Å². The van der Waals surface area contributed by atoms with Crippen molar-refractivity contribution in [2.75, 3.05) is 37.6 Å². The lowest BCUT2D eigenvalue weighted by molar-refractivity contribution is 0.193. The smallest absolute Gasteiger partial charge is 0.317 e. The zero-order valence-electron chi connectivity index (χ0n) is 12.1. The average molecular weight is 340 g/mol. The summed E-state index contributed by atoms with van der Waals surface area (Å²) in [7, 11) is 0. The van der Waals surface area contributed by atoms with Gasteiger partial charge < -0.3 is 15.1 Å². The van der Waals surface area contributed by atoms with E-state index in [9.17, 15) is 4.79 Å². The van der Waals surface area contributed by atoms with Crippen molar-refractivity contribution in [1.82, 2.24) is 10.2 Å². The summed E-state index contributed by atoms with van der Waals surface area (Å²) in [5.74, 6) is 0.487. The van der Waals surface area contributed by atoms with Crippen molar-refractivity contribution in [3.8, 4) is 0 Å². The van der Waals surface area contributed by atoms with E-state index in [0.717, 1.165) is 37.2 Å². The van der Waals surface area contributed by atoms with Gasteiger partial charge in [0.05, 0.1) is 5.69 Å². The molecule has 110 valence electrons. The van der Waals surface area contributed by atoms with E-state index in [4.69, 9.17) is 0 Å². The Bertz CT molecular complexity index is 456. The highest BCUT2D eigenvalue weighted by molar-refractivity contribution is 9.10. The summed E-state index contributed by atoms with van der Waals surface area (Å²) in [4.78, 5) is 16.2. The lowest BCUT2D eigenvalue weighted by Gasteiger charge is -2.36. The quantitative estimate of drug-likeness (QED) is 0.918. The Morgan fingerprint density at radius 2 is 1.90 bits per heavy atom. The first-order chi connectivity index (χ1) is 9.58. The van der Waals surface area contributed by atoms with Crippen LogP contribution in [0.15, 0.2) is 28.7 Å².